The van der Waals surface area contributed by atoms with Crippen molar-refractivity contribution < 1.29 is 16.8 Å². The van der Waals surface area contributed by atoms with Gasteiger partial charge in [-0.1, -0.05) is 6.07 Å². The molecule has 1 rings (SSSR count). The van der Waals surface area contributed by atoms with Crippen molar-refractivity contribution in [1.82, 2.24) is 4.72 Å². The Morgan fingerprint density at radius 3 is 2.16 bits per heavy atom. The quantitative estimate of drug-likeness (QED) is 0.665. The number of rotatable bonds is 5. The molecule has 0 aliphatic heterocycles. The first-order valence-corrected chi connectivity index (χ1v) is 8.36. The number of benzene rings is 1. The van der Waals surface area contributed by atoms with Gasteiger partial charge in [0.05, 0.1) is 9.79 Å². The van der Waals surface area contributed by atoms with Crippen molar-refractivity contribution in [1.29, 1.82) is 0 Å². The Balaban J connectivity index is 3.10. The summed E-state index contributed by atoms with van der Waals surface area (Å²) < 4.78 is 48.6. The zero-order chi connectivity index (χ0) is 14.9. The lowest BCUT2D eigenvalue weighted by molar-refractivity contribution is 0.498. The zero-order valence-electron chi connectivity index (χ0n) is 10.6. The van der Waals surface area contributed by atoms with Crippen LogP contribution in [0.5, 0.6) is 0 Å². The van der Waals surface area contributed by atoms with Crippen LogP contribution in [0, 0.1) is 0 Å². The third-order valence-corrected chi connectivity index (χ3v) is 4.47. The van der Waals surface area contributed by atoms with E-state index >= 15 is 0 Å². The predicted octanol–water partition coefficient (Wildman–Crippen LogP) is -0.650. The van der Waals surface area contributed by atoms with Gasteiger partial charge in [-0.15, -0.1) is 0 Å². The minimum absolute atomic E-state index is 0.0228. The van der Waals surface area contributed by atoms with Gasteiger partial charge in [-0.25, -0.2) is 26.7 Å². The molecular weight excluding hydrogens is 290 g/mol. The molecule has 0 spiro atoms. The Kier molecular flexibility index (Phi) is 4.37. The highest BCUT2D eigenvalue weighted by molar-refractivity contribution is 7.90. The van der Waals surface area contributed by atoms with E-state index in [1.165, 1.54) is 18.2 Å². The maximum absolute atomic E-state index is 12.0. The standard InChI is InChI=1S/C10H17N3O4S2/c1-10(2,11)7-13-19(16,17)9-5-3-4-8(6-9)18(12,14)15/h3-6,13H,7,11H2,1-2H3,(H2,12,14,15). The third-order valence-electron chi connectivity index (χ3n) is 2.16. The molecule has 0 aliphatic carbocycles. The van der Waals surface area contributed by atoms with E-state index in [0.717, 1.165) is 6.07 Å². The van der Waals surface area contributed by atoms with Gasteiger partial charge in [0.25, 0.3) is 0 Å². The van der Waals surface area contributed by atoms with Crippen LogP contribution in [0.1, 0.15) is 13.8 Å². The summed E-state index contributed by atoms with van der Waals surface area (Å²) in [5, 5.41) is 4.95. The molecule has 108 valence electrons. The van der Waals surface area contributed by atoms with Crippen LogP contribution < -0.4 is 15.6 Å². The zero-order valence-corrected chi connectivity index (χ0v) is 12.3. The minimum atomic E-state index is -3.95. The van der Waals surface area contributed by atoms with Crippen molar-refractivity contribution in [2.75, 3.05) is 6.54 Å². The second-order valence-corrected chi connectivity index (χ2v) is 8.16. The molecule has 7 nitrogen and oxygen atoms in total. The largest absolute Gasteiger partial charge is 0.324 e. The van der Waals surface area contributed by atoms with Gasteiger partial charge in [0, 0.05) is 12.1 Å². The Morgan fingerprint density at radius 2 is 1.68 bits per heavy atom. The number of primary sulfonamides is 1. The number of hydrogen-bond acceptors (Lipinski definition) is 5. The third kappa shape index (κ3) is 4.88. The van der Waals surface area contributed by atoms with Gasteiger partial charge in [0.15, 0.2) is 0 Å². The maximum Gasteiger partial charge on any atom is 0.240 e. The van der Waals surface area contributed by atoms with Crippen LogP contribution in [0.4, 0.5) is 0 Å². The van der Waals surface area contributed by atoms with E-state index in [1.54, 1.807) is 13.8 Å². The van der Waals surface area contributed by atoms with Crippen molar-refractivity contribution in [3.05, 3.63) is 24.3 Å². The fourth-order valence-electron chi connectivity index (χ4n) is 1.18. The fourth-order valence-corrected chi connectivity index (χ4v) is 3.09. The Hall–Kier alpha value is -1.00. The van der Waals surface area contributed by atoms with E-state index in [1.807, 2.05) is 0 Å². The first kappa shape index (κ1) is 16.1. The number of nitrogens with one attached hydrogen (secondary N) is 1. The lowest BCUT2D eigenvalue weighted by Crippen LogP contribution is -2.45. The summed E-state index contributed by atoms with van der Waals surface area (Å²) in [5.74, 6) is 0. The molecular formula is C10H17N3O4S2. The molecule has 0 bridgehead atoms. The highest BCUT2D eigenvalue weighted by atomic mass is 32.2. The van der Waals surface area contributed by atoms with E-state index in [2.05, 4.69) is 4.72 Å². The van der Waals surface area contributed by atoms with Crippen LogP contribution in [0.25, 0.3) is 0 Å². The molecule has 19 heavy (non-hydrogen) atoms. The Morgan fingerprint density at radius 1 is 1.16 bits per heavy atom. The van der Waals surface area contributed by atoms with Crippen LogP contribution in [0.3, 0.4) is 0 Å². The van der Waals surface area contributed by atoms with Gasteiger partial charge in [0.1, 0.15) is 0 Å². The molecule has 0 aromatic heterocycles. The topological polar surface area (TPSA) is 132 Å². The highest BCUT2D eigenvalue weighted by Crippen LogP contribution is 2.14. The van der Waals surface area contributed by atoms with Gasteiger partial charge in [-0.2, -0.15) is 0 Å². The van der Waals surface area contributed by atoms with Crippen molar-refractivity contribution in [2.45, 2.75) is 29.2 Å². The molecule has 1 aromatic rings. The lowest BCUT2D eigenvalue weighted by atomic mass is 10.1. The van der Waals surface area contributed by atoms with Gasteiger partial charge < -0.3 is 5.73 Å². The van der Waals surface area contributed by atoms with E-state index in [4.69, 9.17) is 10.9 Å². The lowest BCUT2D eigenvalue weighted by Gasteiger charge is -2.19. The van der Waals surface area contributed by atoms with Crippen molar-refractivity contribution >= 4 is 20.0 Å². The van der Waals surface area contributed by atoms with Crippen LogP contribution in [-0.2, 0) is 20.0 Å². The summed E-state index contributed by atoms with van der Waals surface area (Å²) >= 11 is 0. The van der Waals surface area contributed by atoms with E-state index in [0.29, 0.717) is 0 Å². The summed E-state index contributed by atoms with van der Waals surface area (Å²) in [4.78, 5) is -0.439. The molecule has 0 saturated carbocycles. The minimum Gasteiger partial charge on any atom is -0.324 e. The molecule has 5 N–H and O–H groups in total. The van der Waals surface area contributed by atoms with Gasteiger partial charge >= 0.3 is 0 Å². The molecule has 0 radical (unpaired) electrons. The molecule has 0 saturated heterocycles. The number of hydrogen-bond donors (Lipinski definition) is 3. The molecule has 1 aromatic carbocycles. The average Bonchev–Trinajstić information content (AvgIpc) is 2.25. The van der Waals surface area contributed by atoms with Crippen LogP contribution in [0.2, 0.25) is 0 Å². The molecule has 0 aliphatic rings. The summed E-state index contributed by atoms with van der Waals surface area (Å²) in [5.41, 5.74) is 4.96. The second kappa shape index (κ2) is 5.17. The molecule has 0 heterocycles. The van der Waals surface area contributed by atoms with Gasteiger partial charge in [-0.3, -0.25) is 0 Å². The van der Waals surface area contributed by atoms with Crippen LogP contribution in [0.15, 0.2) is 34.1 Å². The van der Waals surface area contributed by atoms with Crippen molar-refractivity contribution in [3.63, 3.8) is 0 Å². The van der Waals surface area contributed by atoms with E-state index < -0.39 is 25.6 Å². The monoisotopic (exact) mass is 307 g/mol. The molecule has 9 heteroatoms. The van der Waals surface area contributed by atoms with Gasteiger partial charge in [-0.05, 0) is 32.0 Å². The molecule has 0 unspecified atom stereocenters. The molecule has 0 amide bonds. The van der Waals surface area contributed by atoms with Crippen molar-refractivity contribution in [2.24, 2.45) is 10.9 Å². The summed E-state index contributed by atoms with van der Waals surface area (Å²) in [6.07, 6.45) is 0. The Bertz CT molecular complexity index is 660. The van der Waals surface area contributed by atoms with Crippen LogP contribution in [-0.4, -0.2) is 28.9 Å². The molecule has 0 atom stereocenters. The maximum atomic E-state index is 12.0. The van der Waals surface area contributed by atoms with Crippen LogP contribution >= 0.6 is 0 Å². The fraction of sp³-hybridized carbons (Fsp3) is 0.400. The van der Waals surface area contributed by atoms with Crippen molar-refractivity contribution in [3.8, 4) is 0 Å². The number of sulfonamides is 2. The summed E-state index contributed by atoms with van der Waals surface area (Å²) in [6.45, 7) is 3.35. The van der Waals surface area contributed by atoms with Gasteiger partial charge in [0.2, 0.25) is 20.0 Å². The average molecular weight is 307 g/mol. The van der Waals surface area contributed by atoms with E-state index in [9.17, 15) is 16.8 Å². The summed E-state index contributed by atoms with van der Waals surface area (Å²) in [6, 6.07) is 4.81. The highest BCUT2D eigenvalue weighted by Gasteiger charge is 2.20. The second-order valence-electron chi connectivity index (χ2n) is 4.83. The summed E-state index contributed by atoms with van der Waals surface area (Å²) in [7, 11) is -7.77. The van der Waals surface area contributed by atoms with E-state index in [-0.39, 0.29) is 16.3 Å². The number of nitrogens with two attached hydrogens (primary N) is 2. The first-order chi connectivity index (χ1) is 8.42. The predicted molar refractivity (Wildman–Crippen MR) is 71.3 cm³/mol. The normalized spacial score (nSPS) is 13.5. The smallest absolute Gasteiger partial charge is 0.240 e. The molecule has 0 fully saturated rings. The first-order valence-electron chi connectivity index (χ1n) is 5.33. The SMILES string of the molecule is CC(C)(N)CNS(=O)(=O)c1cccc(S(N)(=O)=O)c1. The Labute approximate surface area is 113 Å².